The van der Waals surface area contributed by atoms with Gasteiger partial charge in [-0.1, -0.05) is 17.4 Å². The summed E-state index contributed by atoms with van der Waals surface area (Å²) < 4.78 is 27.8. The molecule has 0 aliphatic carbocycles. The van der Waals surface area contributed by atoms with Crippen molar-refractivity contribution in [1.82, 2.24) is 20.2 Å². The molecule has 8 heteroatoms. The Kier molecular flexibility index (Phi) is 5.09. The molecule has 0 radical (unpaired) electrons. The second-order valence-electron chi connectivity index (χ2n) is 6.59. The number of rotatable bonds is 4. The molecule has 0 saturated carbocycles. The maximum absolute atomic E-state index is 13.9. The van der Waals surface area contributed by atoms with Crippen molar-refractivity contribution in [2.75, 3.05) is 13.1 Å². The number of benzene rings is 1. The van der Waals surface area contributed by atoms with Crippen LogP contribution in [0.3, 0.4) is 0 Å². The highest BCUT2D eigenvalue weighted by Gasteiger charge is 2.24. The number of thiazole rings is 1. The predicted octanol–water partition coefficient (Wildman–Crippen LogP) is 3.36. The maximum Gasteiger partial charge on any atom is 0.280 e. The quantitative estimate of drug-likeness (QED) is 0.745. The van der Waals surface area contributed by atoms with Gasteiger partial charge in [0.15, 0.2) is 5.01 Å². The highest BCUT2D eigenvalue weighted by molar-refractivity contribution is 7.19. The van der Waals surface area contributed by atoms with E-state index >= 15 is 0 Å². The molecule has 1 saturated heterocycles. The van der Waals surface area contributed by atoms with Gasteiger partial charge in [-0.2, -0.15) is 0 Å². The van der Waals surface area contributed by atoms with E-state index in [-0.39, 0.29) is 24.1 Å². The normalized spacial score (nSPS) is 17.9. The summed E-state index contributed by atoms with van der Waals surface area (Å²) in [5, 5.41) is 3.37. The summed E-state index contributed by atoms with van der Waals surface area (Å²) in [7, 11) is 0. The summed E-state index contributed by atoms with van der Waals surface area (Å²) in [5.74, 6) is -1.31. The van der Waals surface area contributed by atoms with Gasteiger partial charge in [0.05, 0.1) is 0 Å². The van der Waals surface area contributed by atoms with Crippen LogP contribution in [0, 0.1) is 11.6 Å². The number of carbonyl (C=O) groups is 1. The SMILES string of the molecule is O=C(NC1CCCN(Cc2c(F)cccc2F)C1)c1nc2cccnc2s1. The molecule has 140 valence electrons. The molecule has 1 atom stereocenters. The average molecular weight is 388 g/mol. The molecular formula is C19H18F2N4OS. The van der Waals surface area contributed by atoms with Crippen molar-refractivity contribution in [2.24, 2.45) is 0 Å². The molecule has 1 aliphatic rings. The molecule has 1 N–H and O–H groups in total. The van der Waals surface area contributed by atoms with Crippen molar-refractivity contribution in [3.05, 3.63) is 58.7 Å². The van der Waals surface area contributed by atoms with E-state index in [1.807, 2.05) is 11.0 Å². The number of hydrogen-bond acceptors (Lipinski definition) is 5. The van der Waals surface area contributed by atoms with Crippen molar-refractivity contribution >= 4 is 27.6 Å². The van der Waals surface area contributed by atoms with Gasteiger partial charge in [0.25, 0.3) is 5.91 Å². The van der Waals surface area contributed by atoms with Gasteiger partial charge in [0.1, 0.15) is 22.0 Å². The van der Waals surface area contributed by atoms with Crippen LogP contribution in [0.25, 0.3) is 10.3 Å². The smallest absolute Gasteiger partial charge is 0.280 e. The first-order valence-electron chi connectivity index (χ1n) is 8.78. The van der Waals surface area contributed by atoms with E-state index in [0.29, 0.717) is 17.1 Å². The lowest BCUT2D eigenvalue weighted by atomic mass is 10.0. The zero-order valence-corrected chi connectivity index (χ0v) is 15.3. The summed E-state index contributed by atoms with van der Waals surface area (Å²) in [5.41, 5.74) is 0.773. The third kappa shape index (κ3) is 3.96. The van der Waals surface area contributed by atoms with E-state index in [4.69, 9.17) is 0 Å². The van der Waals surface area contributed by atoms with Gasteiger partial charge in [-0.15, -0.1) is 0 Å². The minimum absolute atomic E-state index is 0.0710. The molecule has 1 aromatic carbocycles. The zero-order valence-electron chi connectivity index (χ0n) is 14.5. The van der Waals surface area contributed by atoms with Crippen LogP contribution in [0.15, 0.2) is 36.5 Å². The summed E-state index contributed by atoms with van der Waals surface area (Å²) in [6, 6.07) is 7.41. The summed E-state index contributed by atoms with van der Waals surface area (Å²) in [4.78, 5) is 23.7. The van der Waals surface area contributed by atoms with E-state index in [0.717, 1.165) is 24.2 Å². The van der Waals surface area contributed by atoms with Crippen LogP contribution in [0.5, 0.6) is 0 Å². The molecule has 2 aromatic heterocycles. The van der Waals surface area contributed by atoms with Gasteiger partial charge < -0.3 is 5.32 Å². The molecule has 5 nitrogen and oxygen atoms in total. The molecule has 0 spiro atoms. The first-order chi connectivity index (χ1) is 13.1. The topological polar surface area (TPSA) is 58.1 Å². The predicted molar refractivity (Wildman–Crippen MR) is 99.5 cm³/mol. The number of nitrogens with one attached hydrogen (secondary N) is 1. The number of likely N-dealkylation sites (tertiary alicyclic amines) is 1. The lowest BCUT2D eigenvalue weighted by Gasteiger charge is -2.33. The molecule has 1 unspecified atom stereocenters. The number of aromatic nitrogens is 2. The minimum atomic E-state index is -0.539. The number of pyridine rings is 1. The van der Waals surface area contributed by atoms with Crippen LogP contribution in [0.2, 0.25) is 0 Å². The van der Waals surface area contributed by atoms with Crippen molar-refractivity contribution in [3.63, 3.8) is 0 Å². The van der Waals surface area contributed by atoms with Crippen LogP contribution in [-0.4, -0.2) is 39.9 Å². The standard InChI is InChI=1S/C19H18F2N4OS/c20-14-5-1-6-15(21)13(14)11-25-9-3-4-12(10-25)23-17(26)19-24-16-7-2-8-22-18(16)27-19/h1-2,5-8,12H,3-4,9-11H2,(H,23,26). The zero-order chi connectivity index (χ0) is 18.8. The Hall–Kier alpha value is -2.45. The van der Waals surface area contributed by atoms with Gasteiger partial charge in [0, 0.05) is 30.9 Å². The first-order valence-corrected chi connectivity index (χ1v) is 9.59. The summed E-state index contributed by atoms with van der Waals surface area (Å²) >= 11 is 1.25. The van der Waals surface area contributed by atoms with Gasteiger partial charge in [-0.25, -0.2) is 18.7 Å². The Balaban J connectivity index is 1.41. The Bertz CT molecular complexity index is 924. The number of halogens is 2. The highest BCUT2D eigenvalue weighted by atomic mass is 32.1. The monoisotopic (exact) mass is 388 g/mol. The Morgan fingerprint density at radius 2 is 2.07 bits per heavy atom. The molecule has 3 heterocycles. The maximum atomic E-state index is 13.9. The van der Waals surface area contributed by atoms with E-state index in [1.54, 1.807) is 12.3 Å². The van der Waals surface area contributed by atoms with E-state index in [1.165, 1.54) is 29.5 Å². The molecule has 1 fully saturated rings. The number of hydrogen-bond donors (Lipinski definition) is 1. The molecule has 27 heavy (non-hydrogen) atoms. The molecule has 3 aromatic rings. The van der Waals surface area contributed by atoms with Crippen molar-refractivity contribution in [2.45, 2.75) is 25.4 Å². The van der Waals surface area contributed by atoms with Crippen LogP contribution in [0.1, 0.15) is 28.2 Å². The Morgan fingerprint density at radius 3 is 2.85 bits per heavy atom. The minimum Gasteiger partial charge on any atom is -0.346 e. The van der Waals surface area contributed by atoms with Gasteiger partial charge in [-0.05, 0) is 43.7 Å². The van der Waals surface area contributed by atoms with Crippen molar-refractivity contribution in [3.8, 4) is 0 Å². The third-order valence-corrected chi connectivity index (χ3v) is 5.62. The molecular weight excluding hydrogens is 370 g/mol. The van der Waals surface area contributed by atoms with Crippen LogP contribution in [-0.2, 0) is 6.54 Å². The van der Waals surface area contributed by atoms with Gasteiger partial charge in [0.2, 0.25) is 0 Å². The number of nitrogens with zero attached hydrogens (tertiary/aromatic N) is 3. The third-order valence-electron chi connectivity index (χ3n) is 4.64. The largest absolute Gasteiger partial charge is 0.346 e. The number of fused-ring (bicyclic) bond motifs is 1. The Labute approximate surface area is 159 Å². The Morgan fingerprint density at radius 1 is 1.26 bits per heavy atom. The van der Waals surface area contributed by atoms with Gasteiger partial charge in [-0.3, -0.25) is 9.69 Å². The van der Waals surface area contributed by atoms with E-state index in [9.17, 15) is 13.6 Å². The fourth-order valence-electron chi connectivity index (χ4n) is 3.34. The lowest BCUT2D eigenvalue weighted by Crippen LogP contribution is -2.47. The fraction of sp³-hybridized carbons (Fsp3) is 0.316. The van der Waals surface area contributed by atoms with E-state index < -0.39 is 11.6 Å². The van der Waals surface area contributed by atoms with Crippen molar-refractivity contribution in [1.29, 1.82) is 0 Å². The molecule has 4 rings (SSSR count). The summed E-state index contributed by atoms with van der Waals surface area (Å²) in [6.07, 6.45) is 3.34. The second-order valence-corrected chi connectivity index (χ2v) is 7.57. The lowest BCUT2D eigenvalue weighted by molar-refractivity contribution is 0.0899. The fourth-order valence-corrected chi connectivity index (χ4v) is 4.15. The van der Waals surface area contributed by atoms with Crippen LogP contribution < -0.4 is 5.32 Å². The highest BCUT2D eigenvalue weighted by Crippen LogP contribution is 2.21. The molecule has 0 bridgehead atoms. The van der Waals surface area contributed by atoms with Crippen molar-refractivity contribution < 1.29 is 13.6 Å². The first kappa shape index (κ1) is 17.9. The average Bonchev–Trinajstić information content (AvgIpc) is 3.10. The van der Waals surface area contributed by atoms with Gasteiger partial charge >= 0.3 is 0 Å². The second kappa shape index (κ2) is 7.66. The number of amides is 1. The van der Waals surface area contributed by atoms with Crippen LogP contribution >= 0.6 is 11.3 Å². The van der Waals surface area contributed by atoms with Crippen LogP contribution in [0.4, 0.5) is 8.78 Å². The molecule has 1 amide bonds. The molecule has 1 aliphatic heterocycles. The number of piperidine rings is 1. The number of carbonyl (C=O) groups excluding carboxylic acids is 1. The summed E-state index contributed by atoms with van der Waals surface area (Å²) in [6.45, 7) is 1.48. The van der Waals surface area contributed by atoms with E-state index in [2.05, 4.69) is 15.3 Å².